The van der Waals surface area contributed by atoms with Crippen molar-refractivity contribution in [3.63, 3.8) is 0 Å². The molecule has 0 fully saturated rings. The van der Waals surface area contributed by atoms with E-state index in [0.29, 0.717) is 29.5 Å². The Bertz CT molecular complexity index is 1050. The van der Waals surface area contributed by atoms with E-state index in [4.69, 9.17) is 21.1 Å². The van der Waals surface area contributed by atoms with Gasteiger partial charge in [-0.2, -0.15) is 0 Å². The largest absolute Gasteiger partial charge is 0.493 e. The van der Waals surface area contributed by atoms with Gasteiger partial charge in [-0.3, -0.25) is 0 Å². The highest BCUT2D eigenvalue weighted by molar-refractivity contribution is 7.99. The van der Waals surface area contributed by atoms with Crippen LogP contribution in [0.5, 0.6) is 11.5 Å². The lowest BCUT2D eigenvalue weighted by molar-refractivity contribution is 0.353. The molecule has 0 unspecified atom stereocenters. The summed E-state index contributed by atoms with van der Waals surface area (Å²) in [6.07, 6.45) is 1.48. The van der Waals surface area contributed by atoms with Crippen LogP contribution >= 0.6 is 35.8 Å². The summed E-state index contributed by atoms with van der Waals surface area (Å²) < 4.78 is 24.2. The van der Waals surface area contributed by atoms with Gasteiger partial charge in [0.15, 0.2) is 17.3 Å². The van der Waals surface area contributed by atoms with E-state index in [1.165, 1.54) is 30.2 Å². The fourth-order valence-electron chi connectivity index (χ4n) is 2.83. The van der Waals surface area contributed by atoms with Crippen LogP contribution in [0.15, 0.2) is 46.6 Å². The van der Waals surface area contributed by atoms with E-state index in [1.807, 2.05) is 12.1 Å². The van der Waals surface area contributed by atoms with Crippen molar-refractivity contribution in [2.75, 3.05) is 24.9 Å². The molecule has 10 heteroatoms. The first-order chi connectivity index (χ1) is 13.6. The molecule has 0 atom stereocenters. The summed E-state index contributed by atoms with van der Waals surface area (Å²) in [6.45, 7) is 0.557. The Morgan fingerprint density at radius 3 is 2.62 bits per heavy atom. The van der Waals surface area contributed by atoms with Crippen molar-refractivity contribution in [3.05, 3.63) is 53.1 Å². The molecule has 0 spiro atoms. The second-order valence-corrected chi connectivity index (χ2v) is 7.36. The number of anilines is 3. The van der Waals surface area contributed by atoms with Gasteiger partial charge in [0.1, 0.15) is 22.9 Å². The zero-order valence-corrected chi connectivity index (χ0v) is 17.8. The van der Waals surface area contributed by atoms with Crippen molar-refractivity contribution >= 4 is 53.0 Å². The number of nitrogens with zero attached hydrogens (tertiary/aromatic N) is 2. The lowest BCUT2D eigenvalue weighted by Gasteiger charge is -2.13. The van der Waals surface area contributed by atoms with Crippen molar-refractivity contribution in [2.45, 2.75) is 16.5 Å². The van der Waals surface area contributed by atoms with Crippen LogP contribution in [0.3, 0.4) is 0 Å². The minimum absolute atomic E-state index is 0. The summed E-state index contributed by atoms with van der Waals surface area (Å²) in [5.41, 5.74) is 2.43. The third-order valence-corrected chi connectivity index (χ3v) is 5.62. The predicted octanol–water partition coefficient (Wildman–Crippen LogP) is 5.53. The highest BCUT2D eigenvalue weighted by atomic mass is 35.5. The molecule has 2 N–H and O–H groups in total. The summed E-state index contributed by atoms with van der Waals surface area (Å²) in [6, 6.07) is 8.30. The van der Waals surface area contributed by atoms with Gasteiger partial charge in [0.25, 0.3) is 0 Å². The molecule has 0 amide bonds. The molecule has 1 aromatic heterocycles. The molecule has 0 bridgehead atoms. The van der Waals surface area contributed by atoms with Gasteiger partial charge in [-0.15, -0.1) is 12.4 Å². The van der Waals surface area contributed by atoms with E-state index in [2.05, 4.69) is 20.6 Å². The quantitative estimate of drug-likeness (QED) is 0.502. The summed E-state index contributed by atoms with van der Waals surface area (Å²) in [4.78, 5) is 9.74. The molecule has 3 aromatic rings. The smallest absolute Gasteiger partial charge is 0.161 e. The van der Waals surface area contributed by atoms with Crippen LogP contribution in [0.2, 0.25) is 5.02 Å². The molecule has 4 rings (SSSR count). The second kappa shape index (κ2) is 8.94. The van der Waals surface area contributed by atoms with Crippen molar-refractivity contribution in [1.82, 2.24) is 9.97 Å². The maximum absolute atomic E-state index is 13.4. The van der Waals surface area contributed by atoms with Crippen LogP contribution in [-0.2, 0) is 6.54 Å². The van der Waals surface area contributed by atoms with Gasteiger partial charge in [-0.05, 0) is 35.9 Å². The Kier molecular flexibility index (Phi) is 6.56. The van der Waals surface area contributed by atoms with Crippen LogP contribution in [-0.4, -0.2) is 24.2 Å². The maximum Gasteiger partial charge on any atom is 0.161 e. The van der Waals surface area contributed by atoms with Crippen molar-refractivity contribution < 1.29 is 13.9 Å². The van der Waals surface area contributed by atoms with Crippen LogP contribution in [0, 0.1) is 5.82 Å². The average Bonchev–Trinajstić information content (AvgIpc) is 2.89. The minimum Gasteiger partial charge on any atom is -0.493 e. The SMILES string of the molecule is COc1cc2c(cc1OC)Sc1ncnc(Nc3ccc(F)c(Cl)c3)c1NC2.Cl. The molecule has 2 aromatic carbocycles. The molecule has 2 heterocycles. The number of ether oxygens (including phenoxy) is 2. The third-order valence-electron chi connectivity index (χ3n) is 4.22. The number of hydrogen-bond acceptors (Lipinski definition) is 7. The average molecular weight is 455 g/mol. The third kappa shape index (κ3) is 4.29. The topological polar surface area (TPSA) is 68.3 Å². The van der Waals surface area contributed by atoms with Gasteiger partial charge in [-0.1, -0.05) is 23.4 Å². The Morgan fingerprint density at radius 1 is 1.14 bits per heavy atom. The van der Waals surface area contributed by atoms with Gasteiger partial charge in [-0.25, -0.2) is 14.4 Å². The van der Waals surface area contributed by atoms with Crippen LogP contribution in [0.4, 0.5) is 21.6 Å². The molecule has 29 heavy (non-hydrogen) atoms. The molecule has 152 valence electrons. The first-order valence-corrected chi connectivity index (χ1v) is 9.52. The number of benzene rings is 2. The normalized spacial score (nSPS) is 11.9. The van der Waals surface area contributed by atoms with E-state index in [1.54, 1.807) is 20.3 Å². The zero-order chi connectivity index (χ0) is 19.7. The summed E-state index contributed by atoms with van der Waals surface area (Å²) >= 11 is 7.38. The Morgan fingerprint density at radius 2 is 1.90 bits per heavy atom. The van der Waals surface area contributed by atoms with Crippen molar-refractivity contribution in [1.29, 1.82) is 0 Å². The number of halogens is 3. The number of fused-ring (bicyclic) bond motifs is 2. The highest BCUT2D eigenvalue weighted by Crippen LogP contribution is 2.44. The molecule has 0 saturated carbocycles. The predicted molar refractivity (Wildman–Crippen MR) is 115 cm³/mol. The standard InChI is InChI=1S/C19H16ClFN4O2S.ClH/c1-26-14-5-10-8-22-17-18(25-11-3-4-13(21)12(20)6-11)23-9-24-19(17)28-16(10)7-15(14)27-2;/h3-7,9,22H,8H2,1-2H3,(H,23,24,25);1H. The van der Waals surface area contributed by atoms with Crippen molar-refractivity contribution in [2.24, 2.45) is 0 Å². The minimum atomic E-state index is -0.472. The molecule has 0 saturated heterocycles. The number of aromatic nitrogens is 2. The number of methoxy groups -OCH3 is 2. The van der Waals surface area contributed by atoms with E-state index in [9.17, 15) is 4.39 Å². The number of rotatable bonds is 4. The highest BCUT2D eigenvalue weighted by Gasteiger charge is 2.21. The van der Waals surface area contributed by atoms with Gasteiger partial charge in [0.05, 0.1) is 19.2 Å². The molecule has 6 nitrogen and oxygen atoms in total. The Balaban J connectivity index is 0.00000240. The molecular weight excluding hydrogens is 438 g/mol. The first-order valence-electron chi connectivity index (χ1n) is 8.32. The van der Waals surface area contributed by atoms with E-state index in [0.717, 1.165) is 21.2 Å². The lowest BCUT2D eigenvalue weighted by atomic mass is 10.2. The molecular formula is C19H17Cl2FN4O2S. The monoisotopic (exact) mass is 454 g/mol. The Labute approximate surface area is 182 Å². The fourth-order valence-corrected chi connectivity index (χ4v) is 4.02. The number of hydrogen-bond donors (Lipinski definition) is 2. The summed E-state index contributed by atoms with van der Waals surface area (Å²) in [5.74, 6) is 1.43. The molecule has 0 radical (unpaired) electrons. The zero-order valence-electron chi connectivity index (χ0n) is 15.5. The first kappa shape index (κ1) is 21.3. The molecule has 1 aliphatic heterocycles. The lowest BCUT2D eigenvalue weighted by Crippen LogP contribution is -2.05. The van der Waals surface area contributed by atoms with Crippen LogP contribution < -0.4 is 20.1 Å². The van der Waals surface area contributed by atoms with Crippen LogP contribution in [0.1, 0.15) is 5.56 Å². The molecule has 0 aliphatic carbocycles. The van der Waals surface area contributed by atoms with Crippen LogP contribution in [0.25, 0.3) is 0 Å². The second-order valence-electron chi connectivity index (χ2n) is 5.93. The number of nitrogens with one attached hydrogen (secondary N) is 2. The summed E-state index contributed by atoms with van der Waals surface area (Å²) in [5, 5.41) is 7.35. The van der Waals surface area contributed by atoms with Crippen molar-refractivity contribution in [3.8, 4) is 11.5 Å². The maximum atomic E-state index is 13.4. The van der Waals surface area contributed by atoms with Gasteiger partial charge >= 0.3 is 0 Å². The van der Waals surface area contributed by atoms with E-state index >= 15 is 0 Å². The fraction of sp³-hybridized carbons (Fsp3) is 0.158. The summed E-state index contributed by atoms with van der Waals surface area (Å²) in [7, 11) is 3.22. The van der Waals surface area contributed by atoms with E-state index in [-0.39, 0.29) is 17.4 Å². The van der Waals surface area contributed by atoms with Gasteiger partial charge < -0.3 is 20.1 Å². The van der Waals surface area contributed by atoms with Gasteiger partial charge in [0, 0.05) is 17.1 Å². The Hall–Kier alpha value is -2.42. The molecule has 1 aliphatic rings. The van der Waals surface area contributed by atoms with Gasteiger partial charge in [0.2, 0.25) is 0 Å². The van der Waals surface area contributed by atoms with E-state index < -0.39 is 5.82 Å².